The number of hydrogen-bond acceptors (Lipinski definition) is 4. The summed E-state index contributed by atoms with van der Waals surface area (Å²) in [5, 5.41) is 2.89. The molecule has 2 fully saturated rings. The second kappa shape index (κ2) is 6.31. The summed E-state index contributed by atoms with van der Waals surface area (Å²) in [6.45, 7) is 6.83. The van der Waals surface area contributed by atoms with Gasteiger partial charge in [0.05, 0.1) is 16.9 Å². The van der Waals surface area contributed by atoms with E-state index in [0.29, 0.717) is 22.8 Å². The molecule has 0 radical (unpaired) electrons. The van der Waals surface area contributed by atoms with Crippen molar-refractivity contribution >= 4 is 29.1 Å². The first-order valence-electron chi connectivity index (χ1n) is 9.77. The number of nitrogens with zero attached hydrogens (tertiary/aromatic N) is 4. The zero-order chi connectivity index (χ0) is 19.3. The molecular formula is C21H23N5O2. The smallest absolute Gasteiger partial charge is 0.323 e. The van der Waals surface area contributed by atoms with E-state index in [1.165, 1.54) is 0 Å². The van der Waals surface area contributed by atoms with Crippen LogP contribution in [0.15, 0.2) is 42.6 Å². The van der Waals surface area contributed by atoms with Gasteiger partial charge in [0, 0.05) is 37.8 Å². The molecule has 7 heteroatoms. The Morgan fingerprint density at radius 1 is 1.18 bits per heavy atom. The van der Waals surface area contributed by atoms with Gasteiger partial charge in [-0.3, -0.25) is 4.79 Å². The Hall–Kier alpha value is -2.93. The van der Waals surface area contributed by atoms with E-state index in [4.69, 9.17) is 0 Å². The fourth-order valence-corrected chi connectivity index (χ4v) is 4.65. The van der Waals surface area contributed by atoms with Crippen LogP contribution in [0.2, 0.25) is 0 Å². The molecule has 1 spiro atoms. The van der Waals surface area contributed by atoms with Crippen molar-refractivity contribution in [1.82, 2.24) is 14.8 Å². The maximum atomic E-state index is 13.6. The number of likely N-dealkylation sites (tertiary alicyclic amines) is 2. The molecule has 0 unspecified atom stereocenters. The number of para-hydroxylation sites is 1. The predicted molar refractivity (Wildman–Crippen MR) is 107 cm³/mol. The topological polar surface area (TPSA) is 68.8 Å². The van der Waals surface area contributed by atoms with Crippen molar-refractivity contribution in [3.63, 3.8) is 0 Å². The maximum absolute atomic E-state index is 13.6. The Morgan fingerprint density at radius 3 is 2.82 bits per heavy atom. The number of rotatable bonds is 1. The number of fused-ring (bicyclic) bond motifs is 2. The molecule has 3 aliphatic rings. The zero-order valence-corrected chi connectivity index (χ0v) is 15.9. The molecule has 3 amide bonds. The van der Waals surface area contributed by atoms with Gasteiger partial charge in [0.25, 0.3) is 5.91 Å². The fourth-order valence-electron chi connectivity index (χ4n) is 4.65. The number of hydrogen-bond donors (Lipinski definition) is 1. The number of amides is 3. The lowest BCUT2D eigenvalue weighted by Gasteiger charge is -2.47. The van der Waals surface area contributed by atoms with Crippen LogP contribution in [0.1, 0.15) is 23.7 Å². The summed E-state index contributed by atoms with van der Waals surface area (Å²) < 4.78 is 0. The molecule has 0 aliphatic carbocycles. The third kappa shape index (κ3) is 2.57. The van der Waals surface area contributed by atoms with E-state index < -0.39 is 0 Å². The summed E-state index contributed by atoms with van der Waals surface area (Å²) in [5.74, 6) is 0.242. The standard InChI is InChI=1S/C21H23N5O2/c1-2-24-12-21(13-24)9-11-25(14-21)20(28)26-17-8-4-3-6-15(17)19(27)23-16-7-5-10-22-18(16)26/h3-8,10H,2,9,11-14H2,1H3,(H,23,27). The summed E-state index contributed by atoms with van der Waals surface area (Å²) in [4.78, 5) is 36.7. The lowest BCUT2D eigenvalue weighted by molar-refractivity contribution is 0.0158. The largest absolute Gasteiger partial charge is 0.330 e. The third-order valence-electron chi connectivity index (χ3n) is 6.10. The molecule has 1 aromatic heterocycles. The molecular weight excluding hydrogens is 354 g/mol. The average Bonchev–Trinajstić information content (AvgIpc) is 3.09. The number of benzene rings is 1. The van der Waals surface area contributed by atoms with Crippen molar-refractivity contribution in [2.75, 3.05) is 42.9 Å². The van der Waals surface area contributed by atoms with Gasteiger partial charge in [0.1, 0.15) is 0 Å². The second-order valence-electron chi connectivity index (χ2n) is 7.94. The first kappa shape index (κ1) is 17.2. The van der Waals surface area contributed by atoms with Gasteiger partial charge in [-0.05, 0) is 37.2 Å². The summed E-state index contributed by atoms with van der Waals surface area (Å²) in [6.07, 6.45) is 2.67. The van der Waals surface area contributed by atoms with Crippen LogP contribution in [-0.2, 0) is 0 Å². The van der Waals surface area contributed by atoms with Crippen molar-refractivity contribution in [3.05, 3.63) is 48.2 Å². The molecule has 1 N–H and O–H groups in total. The van der Waals surface area contributed by atoms with Crippen LogP contribution in [0.4, 0.5) is 22.0 Å². The molecule has 4 heterocycles. The van der Waals surface area contributed by atoms with Crippen molar-refractivity contribution in [2.45, 2.75) is 13.3 Å². The van der Waals surface area contributed by atoms with E-state index in [-0.39, 0.29) is 17.4 Å². The third-order valence-corrected chi connectivity index (χ3v) is 6.10. The molecule has 5 rings (SSSR count). The van der Waals surface area contributed by atoms with Crippen LogP contribution in [0.25, 0.3) is 0 Å². The summed E-state index contributed by atoms with van der Waals surface area (Å²) in [7, 11) is 0. The number of urea groups is 1. The van der Waals surface area contributed by atoms with Gasteiger partial charge in [0.15, 0.2) is 5.82 Å². The zero-order valence-electron chi connectivity index (χ0n) is 15.9. The van der Waals surface area contributed by atoms with Crippen molar-refractivity contribution in [1.29, 1.82) is 0 Å². The minimum Gasteiger partial charge on any atom is -0.323 e. The lowest BCUT2D eigenvalue weighted by atomic mass is 9.79. The van der Waals surface area contributed by atoms with Crippen LogP contribution in [0.5, 0.6) is 0 Å². The normalized spacial score (nSPS) is 20.2. The van der Waals surface area contributed by atoms with Crippen molar-refractivity contribution in [2.24, 2.45) is 5.41 Å². The molecule has 7 nitrogen and oxygen atoms in total. The molecule has 0 saturated carbocycles. The van der Waals surface area contributed by atoms with Crippen LogP contribution in [0, 0.1) is 5.41 Å². The van der Waals surface area contributed by atoms with E-state index in [2.05, 4.69) is 22.1 Å². The Bertz CT molecular complexity index is 953. The lowest BCUT2D eigenvalue weighted by Crippen LogP contribution is -2.57. The second-order valence-corrected chi connectivity index (χ2v) is 7.94. The molecule has 1 aromatic carbocycles. The first-order valence-corrected chi connectivity index (χ1v) is 9.77. The van der Waals surface area contributed by atoms with Crippen LogP contribution in [-0.4, -0.2) is 59.4 Å². The fraction of sp³-hybridized carbons (Fsp3) is 0.381. The minimum atomic E-state index is -0.226. The number of carbonyl (C=O) groups is 2. The molecule has 3 aliphatic heterocycles. The predicted octanol–water partition coefficient (Wildman–Crippen LogP) is 2.93. The number of carbonyl (C=O) groups excluding carboxylic acids is 2. The van der Waals surface area contributed by atoms with Gasteiger partial charge >= 0.3 is 6.03 Å². The molecule has 2 saturated heterocycles. The van der Waals surface area contributed by atoms with E-state index in [9.17, 15) is 9.59 Å². The van der Waals surface area contributed by atoms with E-state index in [0.717, 1.165) is 39.1 Å². The van der Waals surface area contributed by atoms with E-state index >= 15 is 0 Å². The highest BCUT2D eigenvalue weighted by atomic mass is 16.2. The van der Waals surface area contributed by atoms with E-state index in [1.54, 1.807) is 29.3 Å². The van der Waals surface area contributed by atoms with Crippen LogP contribution in [0.3, 0.4) is 0 Å². The van der Waals surface area contributed by atoms with Gasteiger partial charge in [-0.15, -0.1) is 0 Å². The van der Waals surface area contributed by atoms with Gasteiger partial charge in [0.2, 0.25) is 0 Å². The number of pyridine rings is 1. The minimum absolute atomic E-state index is 0.115. The highest BCUT2D eigenvalue weighted by molar-refractivity contribution is 6.16. The SMILES string of the molecule is CCN1CC2(CCN(C(=O)N3c4ccccc4C(=O)Nc4cccnc43)C2)C1. The van der Waals surface area contributed by atoms with Gasteiger partial charge < -0.3 is 15.1 Å². The maximum Gasteiger partial charge on any atom is 0.330 e. The van der Waals surface area contributed by atoms with Gasteiger partial charge in [-0.1, -0.05) is 19.1 Å². The van der Waals surface area contributed by atoms with E-state index in [1.807, 2.05) is 23.1 Å². The van der Waals surface area contributed by atoms with Gasteiger partial charge in [-0.25, -0.2) is 14.7 Å². The Kier molecular flexibility index (Phi) is 3.87. The van der Waals surface area contributed by atoms with Crippen molar-refractivity contribution in [3.8, 4) is 0 Å². The monoisotopic (exact) mass is 377 g/mol. The quantitative estimate of drug-likeness (QED) is 0.830. The highest BCUT2D eigenvalue weighted by Gasteiger charge is 2.49. The highest BCUT2D eigenvalue weighted by Crippen LogP contribution is 2.42. The molecule has 28 heavy (non-hydrogen) atoms. The summed E-state index contributed by atoms with van der Waals surface area (Å²) in [6, 6.07) is 10.6. The van der Waals surface area contributed by atoms with Crippen LogP contribution >= 0.6 is 0 Å². The number of anilines is 3. The Balaban J connectivity index is 1.52. The molecule has 0 bridgehead atoms. The number of nitrogens with one attached hydrogen (secondary N) is 1. The summed E-state index contributed by atoms with van der Waals surface area (Å²) in [5.41, 5.74) is 1.82. The summed E-state index contributed by atoms with van der Waals surface area (Å²) >= 11 is 0. The Morgan fingerprint density at radius 2 is 2.00 bits per heavy atom. The average molecular weight is 377 g/mol. The van der Waals surface area contributed by atoms with Crippen molar-refractivity contribution < 1.29 is 9.59 Å². The first-order chi connectivity index (χ1) is 13.6. The Labute approximate surface area is 163 Å². The molecule has 144 valence electrons. The molecule has 0 atom stereocenters. The molecule has 2 aromatic rings. The van der Waals surface area contributed by atoms with Crippen LogP contribution < -0.4 is 10.2 Å². The van der Waals surface area contributed by atoms with Gasteiger partial charge in [-0.2, -0.15) is 0 Å². The number of aromatic nitrogens is 1.